The number of carbonyl (C=O) groups is 2. The summed E-state index contributed by atoms with van der Waals surface area (Å²) < 4.78 is 33.3. The van der Waals surface area contributed by atoms with Gasteiger partial charge in [0, 0.05) is 19.4 Å². The first-order chi connectivity index (χ1) is 48.8. The van der Waals surface area contributed by atoms with Crippen LogP contribution in [0.25, 0.3) is 0 Å². The number of phosphoric ester groups is 1. The van der Waals surface area contributed by atoms with Gasteiger partial charge >= 0.3 is 19.8 Å². The number of nitrogens with two attached hydrogens (primary N) is 1. The standard InChI is InChI=1S/C89H158NO8P/c1-3-5-7-9-11-13-15-17-19-21-23-25-27-29-31-33-35-37-39-41-43-45-47-49-51-53-55-57-59-61-63-65-67-69-71-73-75-77-79-81-88(91)95-85-87(86-97-99(93,94)96-84-83-90)98-89(92)82-80-78-76-74-72-70-68-66-64-62-60-58-56-54-52-50-48-46-44-42-40-38-36-34-32-30-28-26-24-22-20-18-16-14-12-10-8-6-4-2/h6,8,12,14-15,17-18,20-21,23-24,26,30,32,36,38,42,44,48,50,87H,3-5,7,9-11,13,16,19,22,25,27-29,31,33-35,37,39-41,43,45-47,49,51-86,90H2,1-2H3,(H,93,94)/b8-6-,14-12-,17-15-,20-18-,23-21-,26-24-,32-30-,38-36-,44-42-,50-48-. The molecule has 9 nitrogen and oxygen atoms in total. The highest BCUT2D eigenvalue weighted by Gasteiger charge is 2.26. The van der Waals surface area contributed by atoms with Crippen molar-refractivity contribution >= 4 is 19.8 Å². The number of phosphoric acid groups is 1. The molecule has 0 aromatic carbocycles. The molecule has 99 heavy (non-hydrogen) atoms. The highest BCUT2D eigenvalue weighted by molar-refractivity contribution is 7.47. The van der Waals surface area contributed by atoms with Crippen LogP contribution in [0.1, 0.15) is 399 Å². The van der Waals surface area contributed by atoms with E-state index in [9.17, 15) is 19.0 Å². The molecule has 0 fully saturated rings. The molecule has 0 heterocycles. The third-order valence-electron chi connectivity index (χ3n) is 18.3. The van der Waals surface area contributed by atoms with Crippen LogP contribution in [0, 0.1) is 0 Å². The summed E-state index contributed by atoms with van der Waals surface area (Å²) in [5.41, 5.74) is 5.42. The molecule has 0 amide bonds. The zero-order valence-corrected chi connectivity index (χ0v) is 65.6. The molecule has 2 unspecified atom stereocenters. The Balaban J connectivity index is 3.79. The fraction of sp³-hybridized carbons (Fsp3) is 0.753. The lowest BCUT2D eigenvalue weighted by Gasteiger charge is -2.19. The van der Waals surface area contributed by atoms with Gasteiger partial charge in [0.1, 0.15) is 6.61 Å². The predicted octanol–water partition coefficient (Wildman–Crippen LogP) is 28.5. The normalized spacial score (nSPS) is 13.5. The third kappa shape index (κ3) is 83.2. The quantitative estimate of drug-likeness (QED) is 0.0264. The van der Waals surface area contributed by atoms with Crippen LogP contribution in [-0.4, -0.2) is 49.3 Å². The van der Waals surface area contributed by atoms with Gasteiger partial charge in [-0.05, 0) is 109 Å². The first kappa shape index (κ1) is 95.4. The highest BCUT2D eigenvalue weighted by atomic mass is 31.2. The molecule has 0 aliphatic carbocycles. The Morgan fingerprint density at radius 2 is 0.556 bits per heavy atom. The Labute approximate surface area is 612 Å². The second kappa shape index (κ2) is 83.4. The van der Waals surface area contributed by atoms with Crippen molar-refractivity contribution < 1.29 is 37.6 Å². The Bertz CT molecular complexity index is 2050. The van der Waals surface area contributed by atoms with E-state index >= 15 is 0 Å². The average molecular weight is 1400 g/mol. The van der Waals surface area contributed by atoms with Gasteiger partial charge in [-0.1, -0.05) is 399 Å². The van der Waals surface area contributed by atoms with Crippen molar-refractivity contribution in [3.63, 3.8) is 0 Å². The zero-order chi connectivity index (χ0) is 71.5. The van der Waals surface area contributed by atoms with Crippen LogP contribution in [0.4, 0.5) is 0 Å². The zero-order valence-electron chi connectivity index (χ0n) is 64.7. The van der Waals surface area contributed by atoms with Crippen molar-refractivity contribution in [1.82, 2.24) is 0 Å². The van der Waals surface area contributed by atoms with Gasteiger partial charge in [0.2, 0.25) is 0 Å². The summed E-state index contributed by atoms with van der Waals surface area (Å²) in [6, 6.07) is 0. The van der Waals surface area contributed by atoms with E-state index in [0.29, 0.717) is 6.42 Å². The van der Waals surface area contributed by atoms with Gasteiger partial charge in [-0.15, -0.1) is 0 Å². The van der Waals surface area contributed by atoms with Gasteiger partial charge in [-0.25, -0.2) is 4.57 Å². The minimum atomic E-state index is -4.40. The van der Waals surface area contributed by atoms with Crippen molar-refractivity contribution in [1.29, 1.82) is 0 Å². The lowest BCUT2D eigenvalue weighted by atomic mass is 10.0. The van der Waals surface area contributed by atoms with E-state index in [-0.39, 0.29) is 38.6 Å². The molecule has 0 bridgehead atoms. The van der Waals surface area contributed by atoms with Crippen LogP contribution >= 0.6 is 7.82 Å². The maximum atomic E-state index is 12.8. The molecular weight excluding hydrogens is 1240 g/mol. The second-order valence-corrected chi connectivity index (χ2v) is 29.4. The van der Waals surface area contributed by atoms with Crippen LogP contribution in [-0.2, 0) is 32.7 Å². The Kier molecular flexibility index (Phi) is 80.3. The van der Waals surface area contributed by atoms with Gasteiger partial charge in [-0.2, -0.15) is 0 Å². The molecular formula is C89H158NO8P. The van der Waals surface area contributed by atoms with Gasteiger partial charge in [0.05, 0.1) is 13.2 Å². The molecule has 0 aliphatic rings. The Morgan fingerprint density at radius 1 is 0.313 bits per heavy atom. The number of allylic oxidation sites excluding steroid dienone is 20. The van der Waals surface area contributed by atoms with Crippen molar-refractivity contribution in [2.75, 3.05) is 26.4 Å². The summed E-state index contributed by atoms with van der Waals surface area (Å²) in [5.74, 6) is -0.814. The summed E-state index contributed by atoms with van der Waals surface area (Å²) in [6.07, 6.45) is 118. The SMILES string of the molecule is CC/C=C\C/C=C\C/C=C\C/C=C\C/C=C\C/C=C\C/C=C\C/C=C\CCCCCCCCCCCCCCCCC(=O)OC(COC(=O)CCCCCCCCCCCCCCCCCCCCCCCCCCCCC/C=C\C/C=C\CCCCCCC)COP(=O)(O)OCCN. The molecule has 0 spiro atoms. The fourth-order valence-electron chi connectivity index (χ4n) is 12.2. The van der Waals surface area contributed by atoms with Crippen molar-refractivity contribution in [3.05, 3.63) is 122 Å². The van der Waals surface area contributed by atoms with E-state index in [1.54, 1.807) is 0 Å². The number of esters is 2. The maximum Gasteiger partial charge on any atom is 0.472 e. The second-order valence-electron chi connectivity index (χ2n) is 28.0. The van der Waals surface area contributed by atoms with E-state index < -0.39 is 26.5 Å². The van der Waals surface area contributed by atoms with Gasteiger partial charge < -0.3 is 20.1 Å². The lowest BCUT2D eigenvalue weighted by molar-refractivity contribution is -0.161. The number of carbonyl (C=O) groups excluding carboxylic acids is 2. The van der Waals surface area contributed by atoms with Crippen LogP contribution < -0.4 is 5.73 Å². The highest BCUT2D eigenvalue weighted by Crippen LogP contribution is 2.43. The average Bonchev–Trinajstić information content (AvgIpc) is 1.35. The fourth-order valence-corrected chi connectivity index (χ4v) is 12.9. The monoisotopic (exact) mass is 1400 g/mol. The Morgan fingerprint density at radius 3 is 0.828 bits per heavy atom. The number of ether oxygens (including phenoxy) is 2. The van der Waals surface area contributed by atoms with E-state index in [2.05, 4.69) is 135 Å². The van der Waals surface area contributed by atoms with Crippen molar-refractivity contribution in [3.8, 4) is 0 Å². The summed E-state index contributed by atoms with van der Waals surface area (Å²) in [6.45, 7) is 3.67. The smallest absolute Gasteiger partial charge is 0.462 e. The van der Waals surface area contributed by atoms with E-state index in [0.717, 1.165) is 96.3 Å². The molecule has 0 saturated heterocycles. The van der Waals surface area contributed by atoms with Gasteiger partial charge in [0.15, 0.2) is 6.10 Å². The molecule has 572 valence electrons. The molecule has 10 heteroatoms. The first-order valence-corrected chi connectivity index (χ1v) is 43.5. The molecule has 0 saturated carbocycles. The van der Waals surface area contributed by atoms with Crippen LogP contribution in [0.15, 0.2) is 122 Å². The Hall–Kier alpha value is -3.59. The third-order valence-corrected chi connectivity index (χ3v) is 19.3. The summed E-state index contributed by atoms with van der Waals surface area (Å²) in [4.78, 5) is 35.5. The number of hydrogen-bond donors (Lipinski definition) is 2. The number of unbranched alkanes of at least 4 members (excludes halogenated alkanes) is 46. The van der Waals surface area contributed by atoms with Crippen LogP contribution in [0.2, 0.25) is 0 Å². The lowest BCUT2D eigenvalue weighted by Crippen LogP contribution is -2.29. The molecule has 2 atom stereocenters. The number of rotatable bonds is 79. The number of hydrogen-bond acceptors (Lipinski definition) is 8. The summed E-state index contributed by atoms with van der Waals surface area (Å²) >= 11 is 0. The van der Waals surface area contributed by atoms with E-state index in [1.165, 1.54) is 270 Å². The summed E-state index contributed by atoms with van der Waals surface area (Å²) in [5, 5.41) is 0. The van der Waals surface area contributed by atoms with Crippen LogP contribution in [0.5, 0.6) is 0 Å². The molecule has 0 aliphatic heterocycles. The van der Waals surface area contributed by atoms with Gasteiger partial charge in [0.25, 0.3) is 0 Å². The summed E-state index contributed by atoms with van der Waals surface area (Å²) in [7, 11) is -4.40. The minimum absolute atomic E-state index is 0.0514. The molecule has 3 N–H and O–H groups in total. The van der Waals surface area contributed by atoms with E-state index in [4.69, 9.17) is 24.3 Å². The molecule has 0 radical (unpaired) electrons. The van der Waals surface area contributed by atoms with E-state index in [1.807, 2.05) is 0 Å². The first-order valence-electron chi connectivity index (χ1n) is 42.0. The van der Waals surface area contributed by atoms with Crippen LogP contribution in [0.3, 0.4) is 0 Å². The molecule has 0 rings (SSSR count). The predicted molar refractivity (Wildman–Crippen MR) is 431 cm³/mol. The maximum absolute atomic E-state index is 12.8. The van der Waals surface area contributed by atoms with Gasteiger partial charge in [-0.3, -0.25) is 18.6 Å². The van der Waals surface area contributed by atoms with Crippen molar-refractivity contribution in [2.45, 2.75) is 405 Å². The molecule has 0 aromatic heterocycles. The molecule has 0 aromatic rings. The van der Waals surface area contributed by atoms with Crippen molar-refractivity contribution in [2.24, 2.45) is 5.73 Å². The largest absolute Gasteiger partial charge is 0.472 e. The topological polar surface area (TPSA) is 134 Å². The minimum Gasteiger partial charge on any atom is -0.462 e.